The third-order valence-corrected chi connectivity index (χ3v) is 4.36. The van der Waals surface area contributed by atoms with Crippen molar-refractivity contribution in [2.24, 2.45) is 23.7 Å². The van der Waals surface area contributed by atoms with Crippen molar-refractivity contribution >= 4 is 0 Å². The van der Waals surface area contributed by atoms with Gasteiger partial charge in [0.2, 0.25) is 0 Å². The summed E-state index contributed by atoms with van der Waals surface area (Å²) in [5.74, 6) is 3.98. The van der Waals surface area contributed by atoms with Crippen molar-refractivity contribution < 1.29 is 0 Å². The van der Waals surface area contributed by atoms with Gasteiger partial charge in [-0.15, -0.1) is 0 Å². The van der Waals surface area contributed by atoms with Crippen LogP contribution in [0.5, 0.6) is 0 Å². The minimum Gasteiger partial charge on any atom is -0.0654 e. The molecule has 0 heterocycles. The van der Waals surface area contributed by atoms with E-state index in [9.17, 15) is 0 Å². The fourth-order valence-electron chi connectivity index (χ4n) is 3.27. The molecule has 1 fully saturated rings. The van der Waals surface area contributed by atoms with E-state index in [0.29, 0.717) is 0 Å². The van der Waals surface area contributed by atoms with Gasteiger partial charge in [0.15, 0.2) is 0 Å². The minimum atomic E-state index is 0.954. The highest BCUT2D eigenvalue weighted by Gasteiger charge is 2.26. The number of rotatable bonds is 6. The molecule has 1 aliphatic rings. The van der Waals surface area contributed by atoms with Gasteiger partial charge < -0.3 is 0 Å². The topological polar surface area (TPSA) is 0 Å². The first-order valence-electron chi connectivity index (χ1n) is 7.13. The van der Waals surface area contributed by atoms with Crippen molar-refractivity contribution in [3.63, 3.8) is 0 Å². The zero-order chi connectivity index (χ0) is 11.3. The fraction of sp³-hybridized carbons (Fsp3) is 1.00. The van der Waals surface area contributed by atoms with E-state index in [-0.39, 0.29) is 0 Å². The molecule has 0 N–H and O–H groups in total. The van der Waals surface area contributed by atoms with E-state index in [1.165, 1.54) is 44.9 Å². The molecule has 15 heavy (non-hydrogen) atoms. The Kier molecular flexibility index (Phi) is 5.71. The van der Waals surface area contributed by atoms with Crippen LogP contribution in [-0.4, -0.2) is 0 Å². The molecular weight excluding hydrogens is 180 g/mol. The molecule has 4 unspecified atom stereocenters. The Morgan fingerprint density at radius 1 is 1.20 bits per heavy atom. The van der Waals surface area contributed by atoms with Crippen molar-refractivity contribution in [3.05, 3.63) is 0 Å². The van der Waals surface area contributed by atoms with Crippen LogP contribution in [0.3, 0.4) is 0 Å². The molecule has 0 aromatic rings. The van der Waals surface area contributed by atoms with Gasteiger partial charge in [0.25, 0.3) is 0 Å². The largest absolute Gasteiger partial charge is 0.0654 e. The SMILES string of the molecule is CCCCC(C)CC(C)C1CCC(C)C1. The number of unbranched alkanes of at least 4 members (excludes halogenated alkanes) is 1. The Bertz CT molecular complexity index is 161. The Morgan fingerprint density at radius 2 is 1.93 bits per heavy atom. The van der Waals surface area contributed by atoms with Crippen LogP contribution in [0.4, 0.5) is 0 Å². The molecule has 1 rings (SSSR count). The van der Waals surface area contributed by atoms with Gasteiger partial charge in [-0.3, -0.25) is 0 Å². The third kappa shape index (κ3) is 4.57. The second-order valence-corrected chi connectivity index (χ2v) is 6.14. The molecular formula is C15H30. The highest BCUT2D eigenvalue weighted by atomic mass is 14.3. The summed E-state index contributed by atoms with van der Waals surface area (Å²) in [6, 6.07) is 0. The Labute approximate surface area is 96.8 Å². The average Bonchev–Trinajstić information content (AvgIpc) is 2.61. The Hall–Kier alpha value is 0. The van der Waals surface area contributed by atoms with Gasteiger partial charge >= 0.3 is 0 Å². The molecule has 0 aliphatic heterocycles. The van der Waals surface area contributed by atoms with Crippen LogP contribution in [0.1, 0.15) is 72.6 Å². The summed E-state index contributed by atoms with van der Waals surface area (Å²) >= 11 is 0. The van der Waals surface area contributed by atoms with Gasteiger partial charge in [0, 0.05) is 0 Å². The maximum absolute atomic E-state index is 2.49. The summed E-state index contributed by atoms with van der Waals surface area (Å²) in [7, 11) is 0. The molecule has 0 amide bonds. The van der Waals surface area contributed by atoms with Gasteiger partial charge in [-0.1, -0.05) is 53.4 Å². The Morgan fingerprint density at radius 3 is 2.47 bits per heavy atom. The standard InChI is InChI=1S/C15H30/c1-5-6-7-12(2)10-14(4)15-9-8-13(3)11-15/h12-15H,5-11H2,1-4H3. The van der Waals surface area contributed by atoms with E-state index >= 15 is 0 Å². The number of hydrogen-bond acceptors (Lipinski definition) is 0. The van der Waals surface area contributed by atoms with Crippen LogP contribution in [0, 0.1) is 23.7 Å². The summed E-state index contributed by atoms with van der Waals surface area (Å²) < 4.78 is 0. The maximum atomic E-state index is 2.49. The van der Waals surface area contributed by atoms with Crippen molar-refractivity contribution in [3.8, 4) is 0 Å². The van der Waals surface area contributed by atoms with Gasteiger partial charge in [-0.05, 0) is 42.9 Å². The molecule has 0 spiro atoms. The van der Waals surface area contributed by atoms with Crippen molar-refractivity contribution in [1.82, 2.24) is 0 Å². The monoisotopic (exact) mass is 210 g/mol. The first-order valence-corrected chi connectivity index (χ1v) is 7.13. The van der Waals surface area contributed by atoms with E-state index in [1.807, 2.05) is 0 Å². The van der Waals surface area contributed by atoms with Crippen molar-refractivity contribution in [2.45, 2.75) is 72.6 Å². The van der Waals surface area contributed by atoms with E-state index in [0.717, 1.165) is 23.7 Å². The zero-order valence-corrected chi connectivity index (χ0v) is 11.3. The summed E-state index contributed by atoms with van der Waals surface area (Å²) in [6.45, 7) is 9.66. The lowest BCUT2D eigenvalue weighted by Gasteiger charge is -2.22. The molecule has 0 nitrogen and oxygen atoms in total. The normalized spacial score (nSPS) is 30.4. The lowest BCUT2D eigenvalue weighted by molar-refractivity contribution is 0.284. The third-order valence-electron chi connectivity index (χ3n) is 4.36. The van der Waals surface area contributed by atoms with E-state index in [1.54, 1.807) is 0 Å². The second-order valence-electron chi connectivity index (χ2n) is 6.14. The first-order chi connectivity index (χ1) is 7.13. The summed E-state index contributed by atoms with van der Waals surface area (Å²) in [5, 5.41) is 0. The number of hydrogen-bond donors (Lipinski definition) is 0. The van der Waals surface area contributed by atoms with Crippen LogP contribution in [0.2, 0.25) is 0 Å². The van der Waals surface area contributed by atoms with Gasteiger partial charge in [-0.2, -0.15) is 0 Å². The lowest BCUT2D eigenvalue weighted by atomic mass is 9.83. The van der Waals surface area contributed by atoms with Gasteiger partial charge in [0.05, 0.1) is 0 Å². The molecule has 0 aromatic carbocycles. The molecule has 1 aliphatic carbocycles. The highest BCUT2D eigenvalue weighted by Crippen LogP contribution is 2.38. The Balaban J connectivity index is 2.19. The molecule has 0 bridgehead atoms. The van der Waals surface area contributed by atoms with Crippen LogP contribution in [0.25, 0.3) is 0 Å². The van der Waals surface area contributed by atoms with E-state index in [4.69, 9.17) is 0 Å². The molecule has 0 aromatic heterocycles. The molecule has 90 valence electrons. The second kappa shape index (κ2) is 6.55. The maximum Gasteiger partial charge on any atom is -0.0386 e. The predicted molar refractivity (Wildman–Crippen MR) is 69.0 cm³/mol. The summed E-state index contributed by atoms with van der Waals surface area (Å²) in [5.41, 5.74) is 0. The van der Waals surface area contributed by atoms with E-state index < -0.39 is 0 Å². The molecule has 0 radical (unpaired) electrons. The minimum absolute atomic E-state index is 0.954. The molecule has 0 saturated heterocycles. The molecule has 1 saturated carbocycles. The predicted octanol–water partition coefficient (Wildman–Crippen LogP) is 5.28. The zero-order valence-electron chi connectivity index (χ0n) is 11.3. The quantitative estimate of drug-likeness (QED) is 0.560. The van der Waals surface area contributed by atoms with Crippen molar-refractivity contribution in [1.29, 1.82) is 0 Å². The van der Waals surface area contributed by atoms with Crippen LogP contribution < -0.4 is 0 Å². The van der Waals surface area contributed by atoms with Crippen LogP contribution in [-0.2, 0) is 0 Å². The van der Waals surface area contributed by atoms with E-state index in [2.05, 4.69) is 27.7 Å². The van der Waals surface area contributed by atoms with Gasteiger partial charge in [0.1, 0.15) is 0 Å². The summed E-state index contributed by atoms with van der Waals surface area (Å²) in [4.78, 5) is 0. The fourth-order valence-corrected chi connectivity index (χ4v) is 3.27. The highest BCUT2D eigenvalue weighted by molar-refractivity contribution is 4.77. The smallest absolute Gasteiger partial charge is 0.0386 e. The summed E-state index contributed by atoms with van der Waals surface area (Å²) in [6.07, 6.45) is 10.2. The first kappa shape index (κ1) is 13.1. The van der Waals surface area contributed by atoms with Gasteiger partial charge in [-0.25, -0.2) is 0 Å². The lowest BCUT2D eigenvalue weighted by Crippen LogP contribution is -2.12. The average molecular weight is 210 g/mol. The van der Waals surface area contributed by atoms with Crippen LogP contribution >= 0.6 is 0 Å². The van der Waals surface area contributed by atoms with Crippen molar-refractivity contribution in [2.75, 3.05) is 0 Å². The molecule has 4 atom stereocenters. The van der Waals surface area contributed by atoms with Crippen LogP contribution in [0.15, 0.2) is 0 Å². The molecule has 0 heteroatoms.